The highest BCUT2D eigenvalue weighted by Crippen LogP contribution is 2.31. The first-order chi connectivity index (χ1) is 7.43. The van der Waals surface area contributed by atoms with E-state index in [9.17, 15) is 15.2 Å². The summed E-state index contributed by atoms with van der Waals surface area (Å²) in [5.74, 6) is 0.193. The molecule has 0 aliphatic rings. The van der Waals surface area contributed by atoms with Gasteiger partial charge in [0.2, 0.25) is 0 Å². The van der Waals surface area contributed by atoms with Crippen molar-refractivity contribution in [1.82, 2.24) is 0 Å². The lowest BCUT2D eigenvalue weighted by Gasteiger charge is -2.17. The number of aliphatic hydroxyl groups excluding tert-OH is 1. The third-order valence-corrected chi connectivity index (χ3v) is 2.38. The first-order valence-corrected chi connectivity index (χ1v) is 5.02. The summed E-state index contributed by atoms with van der Waals surface area (Å²) in [4.78, 5) is 10.4. The number of benzene rings is 1. The Bertz CT molecular complexity index is 390. The highest BCUT2D eigenvalue weighted by molar-refractivity contribution is 5.52. The van der Waals surface area contributed by atoms with Crippen LogP contribution in [0.2, 0.25) is 0 Å². The van der Waals surface area contributed by atoms with Crippen molar-refractivity contribution in [1.29, 1.82) is 0 Å². The Balaban J connectivity index is 3.04. The monoisotopic (exact) mass is 225 g/mol. The summed E-state index contributed by atoms with van der Waals surface area (Å²) < 4.78 is 5.36. The number of hydrogen-bond donors (Lipinski definition) is 1. The number of rotatable bonds is 4. The molecule has 5 heteroatoms. The molecule has 5 nitrogen and oxygen atoms in total. The Morgan fingerprint density at radius 3 is 2.56 bits per heavy atom. The van der Waals surface area contributed by atoms with Crippen molar-refractivity contribution in [2.24, 2.45) is 0 Å². The number of hydrogen-bond acceptors (Lipinski definition) is 4. The molecule has 1 aromatic carbocycles. The van der Waals surface area contributed by atoms with Crippen LogP contribution >= 0.6 is 0 Å². The molecule has 1 aromatic rings. The van der Waals surface area contributed by atoms with Crippen LogP contribution in [0, 0.1) is 17.0 Å². The molecular weight excluding hydrogens is 210 g/mol. The average Bonchev–Trinajstić information content (AvgIpc) is 2.16. The maximum absolute atomic E-state index is 10.9. The number of nitro benzene ring substituents is 1. The van der Waals surface area contributed by atoms with Gasteiger partial charge in [0.05, 0.1) is 11.0 Å². The van der Waals surface area contributed by atoms with Gasteiger partial charge < -0.3 is 9.84 Å². The fourth-order valence-corrected chi connectivity index (χ4v) is 1.26. The van der Waals surface area contributed by atoms with E-state index < -0.39 is 17.1 Å². The van der Waals surface area contributed by atoms with Crippen molar-refractivity contribution in [3.05, 3.63) is 33.9 Å². The smallest absolute Gasteiger partial charge is 0.313 e. The van der Waals surface area contributed by atoms with Gasteiger partial charge in [0.25, 0.3) is 0 Å². The van der Waals surface area contributed by atoms with Crippen LogP contribution in [0.5, 0.6) is 5.75 Å². The second-order valence-electron chi connectivity index (χ2n) is 3.74. The highest BCUT2D eigenvalue weighted by atomic mass is 16.6. The predicted molar refractivity (Wildman–Crippen MR) is 59.6 cm³/mol. The lowest BCUT2D eigenvalue weighted by atomic mass is 10.2. The van der Waals surface area contributed by atoms with E-state index in [1.54, 1.807) is 32.9 Å². The largest absolute Gasteiger partial charge is 0.481 e. The molecule has 0 aliphatic carbocycles. The second kappa shape index (κ2) is 4.94. The highest BCUT2D eigenvalue weighted by Gasteiger charge is 2.21. The van der Waals surface area contributed by atoms with E-state index in [4.69, 9.17) is 4.74 Å². The number of nitro groups is 1. The van der Waals surface area contributed by atoms with E-state index in [1.165, 1.54) is 6.07 Å². The Morgan fingerprint density at radius 1 is 1.44 bits per heavy atom. The van der Waals surface area contributed by atoms with Gasteiger partial charge in [-0.05, 0) is 26.8 Å². The molecule has 2 unspecified atom stereocenters. The minimum absolute atomic E-state index is 0.0463. The number of para-hydroxylation sites is 1. The SMILES string of the molecule is Cc1cccc(OC(C)C(C)O)c1[N+](=O)[O-]. The van der Waals surface area contributed by atoms with Crippen molar-refractivity contribution in [3.63, 3.8) is 0 Å². The summed E-state index contributed by atoms with van der Waals surface area (Å²) in [6.07, 6.45) is -1.17. The van der Waals surface area contributed by atoms with Crippen LogP contribution in [0.15, 0.2) is 18.2 Å². The summed E-state index contributed by atoms with van der Waals surface area (Å²) in [7, 11) is 0. The molecule has 88 valence electrons. The molecule has 0 bridgehead atoms. The van der Waals surface area contributed by atoms with E-state index in [0.717, 1.165) is 0 Å². The van der Waals surface area contributed by atoms with E-state index in [2.05, 4.69) is 0 Å². The van der Waals surface area contributed by atoms with Crippen molar-refractivity contribution in [2.45, 2.75) is 33.0 Å². The van der Waals surface area contributed by atoms with Crippen molar-refractivity contribution >= 4 is 5.69 Å². The summed E-state index contributed by atoms with van der Waals surface area (Å²) in [5, 5.41) is 20.1. The Hall–Kier alpha value is -1.62. The molecule has 1 rings (SSSR count). The average molecular weight is 225 g/mol. The van der Waals surface area contributed by atoms with Crippen LogP contribution in [0.25, 0.3) is 0 Å². The van der Waals surface area contributed by atoms with Gasteiger partial charge in [-0.2, -0.15) is 0 Å². The van der Waals surface area contributed by atoms with Crippen molar-refractivity contribution in [3.8, 4) is 5.75 Å². The first kappa shape index (κ1) is 12.4. The van der Waals surface area contributed by atoms with Gasteiger partial charge in [-0.15, -0.1) is 0 Å². The molecule has 2 atom stereocenters. The molecule has 0 radical (unpaired) electrons. The van der Waals surface area contributed by atoms with Crippen molar-refractivity contribution in [2.75, 3.05) is 0 Å². The molecule has 0 fully saturated rings. The van der Waals surface area contributed by atoms with Crippen LogP contribution < -0.4 is 4.74 Å². The topological polar surface area (TPSA) is 72.6 Å². The zero-order valence-electron chi connectivity index (χ0n) is 9.51. The maximum atomic E-state index is 10.9. The van der Waals surface area contributed by atoms with Gasteiger partial charge in [-0.1, -0.05) is 12.1 Å². The van der Waals surface area contributed by atoms with Gasteiger partial charge in [-0.25, -0.2) is 0 Å². The third-order valence-electron chi connectivity index (χ3n) is 2.38. The van der Waals surface area contributed by atoms with Gasteiger partial charge in [-0.3, -0.25) is 10.1 Å². The molecular formula is C11H15NO4. The molecule has 0 aliphatic heterocycles. The zero-order chi connectivity index (χ0) is 12.3. The van der Waals surface area contributed by atoms with Gasteiger partial charge >= 0.3 is 5.69 Å². The summed E-state index contributed by atoms with van der Waals surface area (Å²) in [6.45, 7) is 4.89. The fourth-order valence-electron chi connectivity index (χ4n) is 1.26. The number of nitrogens with zero attached hydrogens (tertiary/aromatic N) is 1. The molecule has 0 saturated carbocycles. The number of ether oxygens (including phenoxy) is 1. The summed E-state index contributed by atoms with van der Waals surface area (Å²) >= 11 is 0. The molecule has 0 heterocycles. The molecule has 0 aromatic heterocycles. The number of aliphatic hydroxyl groups is 1. The Morgan fingerprint density at radius 2 is 2.06 bits per heavy atom. The van der Waals surface area contributed by atoms with Crippen LogP contribution in [-0.4, -0.2) is 22.2 Å². The molecule has 1 N–H and O–H groups in total. The fraction of sp³-hybridized carbons (Fsp3) is 0.455. The molecule has 16 heavy (non-hydrogen) atoms. The Kier molecular flexibility index (Phi) is 3.84. The third kappa shape index (κ3) is 2.70. The molecule has 0 saturated heterocycles. The lowest BCUT2D eigenvalue weighted by molar-refractivity contribution is -0.386. The molecule has 0 amide bonds. The minimum atomic E-state index is -0.680. The van der Waals surface area contributed by atoms with Gasteiger partial charge in [0.1, 0.15) is 6.10 Å². The van der Waals surface area contributed by atoms with E-state index in [0.29, 0.717) is 5.56 Å². The lowest BCUT2D eigenvalue weighted by Crippen LogP contribution is -2.25. The standard InChI is InChI=1S/C11H15NO4/c1-7-5-4-6-10(11(7)12(14)15)16-9(3)8(2)13/h4-6,8-9,13H,1-3H3. The van der Waals surface area contributed by atoms with E-state index in [1.807, 2.05) is 0 Å². The zero-order valence-corrected chi connectivity index (χ0v) is 9.51. The van der Waals surface area contributed by atoms with Crippen LogP contribution in [-0.2, 0) is 0 Å². The predicted octanol–water partition coefficient (Wildman–Crippen LogP) is 2.05. The first-order valence-electron chi connectivity index (χ1n) is 5.02. The van der Waals surface area contributed by atoms with Crippen molar-refractivity contribution < 1.29 is 14.8 Å². The van der Waals surface area contributed by atoms with Crippen LogP contribution in [0.1, 0.15) is 19.4 Å². The quantitative estimate of drug-likeness (QED) is 0.628. The summed E-state index contributed by atoms with van der Waals surface area (Å²) in [6, 6.07) is 4.87. The van der Waals surface area contributed by atoms with E-state index in [-0.39, 0.29) is 11.4 Å². The second-order valence-corrected chi connectivity index (χ2v) is 3.74. The maximum Gasteiger partial charge on any atom is 0.313 e. The van der Waals surface area contributed by atoms with E-state index >= 15 is 0 Å². The van der Waals surface area contributed by atoms with Gasteiger partial charge in [0.15, 0.2) is 5.75 Å². The summed E-state index contributed by atoms with van der Waals surface area (Å²) in [5.41, 5.74) is 0.496. The normalized spacial score (nSPS) is 14.2. The van der Waals surface area contributed by atoms with Crippen LogP contribution in [0.4, 0.5) is 5.69 Å². The van der Waals surface area contributed by atoms with Gasteiger partial charge in [0, 0.05) is 5.56 Å². The number of aryl methyl sites for hydroxylation is 1. The minimum Gasteiger partial charge on any atom is -0.481 e. The molecule has 0 spiro atoms. The Labute approximate surface area is 93.8 Å². The van der Waals surface area contributed by atoms with Crippen LogP contribution in [0.3, 0.4) is 0 Å².